The third-order valence-electron chi connectivity index (χ3n) is 9.18. The van der Waals surface area contributed by atoms with Gasteiger partial charge in [0.1, 0.15) is 30.0 Å². The van der Waals surface area contributed by atoms with Gasteiger partial charge in [-0.05, 0) is 76.3 Å². The molecule has 0 bridgehead atoms. The van der Waals surface area contributed by atoms with Crippen molar-refractivity contribution in [1.82, 2.24) is 21.3 Å². The number of nitrogens with one attached hydrogen (secondary N) is 4. The monoisotopic (exact) mass is 789 g/mol. The summed E-state index contributed by atoms with van der Waals surface area (Å²) >= 11 is 0. The maximum Gasteiger partial charge on any atom is 0.407 e. The van der Waals surface area contributed by atoms with Crippen LogP contribution in [0.4, 0.5) is 10.5 Å². The number of hydrogen-bond acceptors (Lipinski definition) is 8. The van der Waals surface area contributed by atoms with E-state index in [1.807, 2.05) is 12.1 Å². The Hall–Kier alpha value is -6.50. The predicted molar refractivity (Wildman–Crippen MR) is 219 cm³/mol. The van der Waals surface area contributed by atoms with E-state index >= 15 is 0 Å². The highest BCUT2D eigenvalue weighted by atomic mass is 16.6. The molecule has 0 aliphatic carbocycles. The average molecular weight is 790 g/mol. The van der Waals surface area contributed by atoms with E-state index in [1.54, 1.807) is 118 Å². The number of ketones is 1. The molecule has 4 aromatic rings. The first-order valence-electron chi connectivity index (χ1n) is 19.4. The lowest BCUT2D eigenvalue weighted by molar-refractivity contribution is -0.132. The lowest BCUT2D eigenvalue weighted by Gasteiger charge is -2.29. The molecule has 5 rings (SSSR count). The van der Waals surface area contributed by atoms with E-state index in [0.29, 0.717) is 59.6 Å². The number of alkyl carbamates (subject to hydrolysis) is 1. The molecule has 1 aliphatic rings. The van der Waals surface area contributed by atoms with Crippen molar-refractivity contribution < 1.29 is 38.2 Å². The van der Waals surface area contributed by atoms with Gasteiger partial charge in [0.2, 0.25) is 17.7 Å². The lowest BCUT2D eigenvalue weighted by Crippen LogP contribution is -2.56. The molecule has 0 fully saturated rings. The van der Waals surface area contributed by atoms with Crippen LogP contribution in [0.2, 0.25) is 0 Å². The van der Waals surface area contributed by atoms with Crippen molar-refractivity contribution in [2.75, 3.05) is 24.5 Å². The van der Waals surface area contributed by atoms with Crippen molar-refractivity contribution >= 4 is 41.2 Å². The highest BCUT2D eigenvalue weighted by molar-refractivity contribution is 6.09. The number of anilines is 1. The molecule has 4 N–H and O–H groups in total. The van der Waals surface area contributed by atoms with Crippen LogP contribution in [0.15, 0.2) is 109 Å². The molecule has 13 nitrogen and oxygen atoms in total. The van der Waals surface area contributed by atoms with Crippen LogP contribution in [0.3, 0.4) is 0 Å². The van der Waals surface area contributed by atoms with Gasteiger partial charge in [-0.25, -0.2) is 4.79 Å². The minimum absolute atomic E-state index is 0.0905. The molecular weight excluding hydrogens is 739 g/mol. The number of hydrogen-bond donors (Lipinski definition) is 4. The number of fused-ring (bicyclic) bond motifs is 1. The van der Waals surface area contributed by atoms with Crippen LogP contribution in [0, 0.1) is 0 Å². The van der Waals surface area contributed by atoms with E-state index in [9.17, 15) is 28.8 Å². The van der Waals surface area contributed by atoms with Crippen LogP contribution in [0.1, 0.15) is 80.1 Å². The fraction of sp³-hybridized carbons (Fsp3) is 0.333. The molecule has 0 aromatic heterocycles. The lowest BCUT2D eigenvalue weighted by atomic mass is 10.00. The Balaban J connectivity index is 1.23. The summed E-state index contributed by atoms with van der Waals surface area (Å²) < 4.78 is 11.7. The van der Waals surface area contributed by atoms with Gasteiger partial charge >= 0.3 is 6.09 Å². The summed E-state index contributed by atoms with van der Waals surface area (Å²) in [6.45, 7) is 7.34. The third kappa shape index (κ3) is 12.2. The molecular formula is C45H51N5O8. The van der Waals surface area contributed by atoms with E-state index in [1.165, 1.54) is 11.8 Å². The van der Waals surface area contributed by atoms with E-state index in [2.05, 4.69) is 21.3 Å². The van der Waals surface area contributed by atoms with Crippen LogP contribution in [-0.2, 0) is 30.3 Å². The van der Waals surface area contributed by atoms with Crippen LogP contribution < -0.4 is 30.9 Å². The number of rotatable bonds is 16. The fourth-order valence-electron chi connectivity index (χ4n) is 6.36. The Bertz CT molecular complexity index is 2070. The summed E-state index contributed by atoms with van der Waals surface area (Å²) in [5.41, 5.74) is 1.95. The second kappa shape index (κ2) is 20.1. The topological polar surface area (TPSA) is 172 Å². The molecule has 0 saturated carbocycles. The summed E-state index contributed by atoms with van der Waals surface area (Å²) in [4.78, 5) is 80.9. The zero-order valence-corrected chi connectivity index (χ0v) is 33.3. The van der Waals surface area contributed by atoms with Gasteiger partial charge in [0.15, 0.2) is 11.9 Å². The maximum absolute atomic E-state index is 14.5. The normalized spacial score (nSPS) is 15.4. The summed E-state index contributed by atoms with van der Waals surface area (Å²) in [6, 6.07) is 29.1. The second-order valence-electron chi connectivity index (χ2n) is 15.0. The molecule has 1 aliphatic heterocycles. The first kappa shape index (κ1) is 42.6. The van der Waals surface area contributed by atoms with E-state index < -0.39 is 53.5 Å². The molecule has 0 radical (unpaired) electrons. The quantitative estimate of drug-likeness (QED) is 0.0860. The molecule has 3 atom stereocenters. The number of amides is 5. The number of carbonyl (C=O) groups excluding carboxylic acids is 6. The predicted octanol–water partition coefficient (Wildman–Crippen LogP) is 5.43. The molecule has 13 heteroatoms. The van der Waals surface area contributed by atoms with Crippen LogP contribution >= 0.6 is 0 Å². The van der Waals surface area contributed by atoms with Crippen molar-refractivity contribution in [2.45, 2.75) is 77.2 Å². The van der Waals surface area contributed by atoms with E-state index in [4.69, 9.17) is 9.47 Å². The summed E-state index contributed by atoms with van der Waals surface area (Å²) in [6.07, 6.45) is 0.518. The summed E-state index contributed by atoms with van der Waals surface area (Å²) in [7, 11) is 0. The van der Waals surface area contributed by atoms with Crippen molar-refractivity contribution in [3.8, 4) is 5.75 Å². The first-order chi connectivity index (χ1) is 27.8. The minimum Gasteiger partial charge on any atom is -0.481 e. The number of unbranched alkanes of at least 4 members (excludes halogenated alkanes) is 2. The highest BCUT2D eigenvalue weighted by Crippen LogP contribution is 2.37. The SMILES string of the molecule is C[C@H](NC(=O)Cc1cccc(C(=O)c2ccccc2)c1)C(=O)NC1C(=O)N(CC(=O)NCCCCCNC(=O)OC(C)(C)C)c2ccccc2O[C@@H]1c1ccccc1. The molecule has 1 heterocycles. The smallest absolute Gasteiger partial charge is 0.407 e. The van der Waals surface area contributed by atoms with Crippen LogP contribution in [-0.4, -0.2) is 72.8 Å². The Morgan fingerprint density at radius 3 is 2.10 bits per heavy atom. The van der Waals surface area contributed by atoms with Gasteiger partial charge < -0.3 is 30.7 Å². The van der Waals surface area contributed by atoms with Crippen molar-refractivity contribution in [3.05, 3.63) is 131 Å². The molecule has 0 saturated heterocycles. The van der Waals surface area contributed by atoms with Crippen molar-refractivity contribution in [3.63, 3.8) is 0 Å². The molecule has 1 unspecified atom stereocenters. The van der Waals surface area contributed by atoms with Gasteiger partial charge in [-0.1, -0.05) is 91.0 Å². The number of ether oxygens (including phenoxy) is 2. The van der Waals surface area contributed by atoms with Gasteiger partial charge in [0, 0.05) is 24.2 Å². The number of carbonyl (C=O) groups is 6. The van der Waals surface area contributed by atoms with E-state index in [0.717, 1.165) is 6.42 Å². The molecule has 304 valence electrons. The summed E-state index contributed by atoms with van der Waals surface area (Å²) in [5, 5.41) is 11.1. The molecule has 4 aromatic carbocycles. The van der Waals surface area contributed by atoms with Crippen molar-refractivity contribution in [2.24, 2.45) is 0 Å². The van der Waals surface area contributed by atoms with Crippen LogP contribution in [0.25, 0.3) is 0 Å². The first-order valence-corrected chi connectivity index (χ1v) is 19.4. The third-order valence-corrected chi connectivity index (χ3v) is 9.18. The molecule has 58 heavy (non-hydrogen) atoms. The maximum atomic E-state index is 14.5. The van der Waals surface area contributed by atoms with Crippen LogP contribution in [0.5, 0.6) is 5.75 Å². The Morgan fingerprint density at radius 2 is 1.40 bits per heavy atom. The highest BCUT2D eigenvalue weighted by Gasteiger charge is 2.41. The largest absolute Gasteiger partial charge is 0.481 e. The fourth-order valence-corrected chi connectivity index (χ4v) is 6.36. The van der Waals surface area contributed by atoms with Crippen molar-refractivity contribution in [1.29, 1.82) is 0 Å². The minimum atomic E-state index is -1.28. The zero-order valence-electron chi connectivity index (χ0n) is 33.3. The van der Waals surface area contributed by atoms with Gasteiger partial charge in [-0.2, -0.15) is 0 Å². The number of para-hydroxylation sites is 2. The van der Waals surface area contributed by atoms with Gasteiger partial charge in [-0.3, -0.25) is 28.9 Å². The second-order valence-corrected chi connectivity index (χ2v) is 15.0. The molecule has 5 amide bonds. The Morgan fingerprint density at radius 1 is 0.759 bits per heavy atom. The Labute approximate surface area is 338 Å². The summed E-state index contributed by atoms with van der Waals surface area (Å²) in [5.74, 6) is -1.90. The van der Waals surface area contributed by atoms with Gasteiger partial charge in [0.25, 0.3) is 5.91 Å². The number of nitrogens with zero attached hydrogens (tertiary/aromatic N) is 1. The van der Waals surface area contributed by atoms with E-state index in [-0.39, 0.29) is 18.7 Å². The Kier molecular flexibility index (Phi) is 14.8. The standard InChI is InChI=1S/C45H51N5O8/c1-30(48-37(51)28-31-17-16-22-34(27-31)40(53)32-18-8-5-9-19-32)42(54)49-39-41(33-20-10-6-11-21-33)57-36-24-13-12-23-35(36)50(43(39)55)29-38(52)46-25-14-7-15-26-47-44(56)58-45(2,3)4/h5-6,8-13,16-24,27,30,39,41H,7,14-15,25-26,28-29H2,1-4H3,(H,46,52)(H,47,56)(H,48,51)(H,49,54)/t30-,39?,41+/m0/s1. The molecule has 0 spiro atoms. The van der Waals surface area contributed by atoms with Gasteiger partial charge in [-0.15, -0.1) is 0 Å². The number of benzene rings is 4. The zero-order chi connectivity index (χ0) is 41.7. The average Bonchev–Trinajstić information content (AvgIpc) is 3.31. The van der Waals surface area contributed by atoms with Gasteiger partial charge in [0.05, 0.1) is 12.1 Å².